The average molecular weight is 223 g/mol. The first-order valence-electron chi connectivity index (χ1n) is 5.79. The largest absolute Gasteiger partial charge is 0.362 e. The highest BCUT2D eigenvalue weighted by atomic mass is 15.3. The van der Waals surface area contributed by atoms with Crippen molar-refractivity contribution in [2.75, 3.05) is 20.8 Å². The summed E-state index contributed by atoms with van der Waals surface area (Å²) in [6.07, 6.45) is 10.4. The second-order valence-corrected chi connectivity index (χ2v) is 4.03. The van der Waals surface area contributed by atoms with Crippen LogP contribution in [0.15, 0.2) is 31.1 Å². The minimum atomic E-state index is 1.03. The van der Waals surface area contributed by atoms with Gasteiger partial charge in [-0.3, -0.25) is 0 Å². The van der Waals surface area contributed by atoms with Crippen LogP contribution in [0.1, 0.15) is 13.8 Å². The Hall–Kier alpha value is -1.45. The molecule has 0 spiro atoms. The lowest BCUT2D eigenvalue weighted by atomic mass is 10.7. The minimum absolute atomic E-state index is 1.03. The predicted molar refractivity (Wildman–Crippen MR) is 65.5 cm³/mol. The maximum absolute atomic E-state index is 2.16. The molecule has 16 heavy (non-hydrogen) atoms. The van der Waals surface area contributed by atoms with Gasteiger partial charge in [-0.05, 0) is 13.8 Å². The van der Waals surface area contributed by atoms with E-state index in [9.17, 15) is 0 Å². The normalized spacial score (nSPS) is 14.0. The summed E-state index contributed by atoms with van der Waals surface area (Å²) < 4.78 is 4.31. The molecule has 2 heterocycles. The number of nitrogens with zero attached hydrogens (tertiary/aromatic N) is 4. The summed E-state index contributed by atoms with van der Waals surface area (Å²) in [5.41, 5.74) is 0. The van der Waals surface area contributed by atoms with E-state index in [1.54, 1.807) is 0 Å². The minimum Gasteiger partial charge on any atom is -0.362 e. The smallest absolute Gasteiger partial charge is 0.243 e. The van der Waals surface area contributed by atoms with Crippen LogP contribution in [-0.2, 0) is 13.1 Å². The Morgan fingerprint density at radius 2 is 1.75 bits per heavy atom. The Labute approximate surface area is 98.4 Å². The summed E-state index contributed by atoms with van der Waals surface area (Å²) in [6.45, 7) is 7.43. The maximum atomic E-state index is 2.16. The molecule has 0 N–H and O–H groups in total. The van der Waals surface area contributed by atoms with E-state index < -0.39 is 0 Å². The number of rotatable bonds is 2. The van der Waals surface area contributed by atoms with Gasteiger partial charge in [0.05, 0.1) is 19.8 Å². The van der Waals surface area contributed by atoms with E-state index in [4.69, 9.17) is 0 Å². The van der Waals surface area contributed by atoms with Crippen molar-refractivity contribution in [1.29, 1.82) is 0 Å². The highest BCUT2D eigenvalue weighted by Gasteiger charge is 1.99. The molecule has 1 aromatic rings. The molecule has 1 aliphatic heterocycles. The first kappa shape index (κ1) is 12.6. The molecule has 90 valence electrons. The van der Waals surface area contributed by atoms with Crippen LogP contribution < -0.4 is 4.57 Å². The molecule has 4 heteroatoms. The van der Waals surface area contributed by atoms with Crippen molar-refractivity contribution in [3.63, 3.8) is 0 Å². The van der Waals surface area contributed by atoms with Crippen LogP contribution in [0.4, 0.5) is 0 Å². The van der Waals surface area contributed by atoms with E-state index in [-0.39, 0.29) is 0 Å². The molecule has 0 bridgehead atoms. The van der Waals surface area contributed by atoms with Crippen molar-refractivity contribution in [3.8, 4) is 0 Å². The van der Waals surface area contributed by atoms with Crippen LogP contribution in [0.3, 0.4) is 0 Å². The van der Waals surface area contributed by atoms with Crippen molar-refractivity contribution in [2.24, 2.45) is 0 Å². The quantitative estimate of drug-likeness (QED) is 0.698. The SMILES string of the molecule is CCn1cc[n+](CC)c1.CN1C=CN(C)C1. The highest BCUT2D eigenvalue weighted by molar-refractivity contribution is 4.85. The van der Waals surface area contributed by atoms with E-state index in [0.717, 1.165) is 19.8 Å². The molecule has 0 aliphatic carbocycles. The number of aryl methyl sites for hydroxylation is 2. The van der Waals surface area contributed by atoms with Gasteiger partial charge in [0.15, 0.2) is 0 Å². The van der Waals surface area contributed by atoms with Gasteiger partial charge in [0, 0.05) is 26.5 Å². The van der Waals surface area contributed by atoms with Crippen LogP contribution in [-0.4, -0.2) is 35.1 Å². The maximum Gasteiger partial charge on any atom is 0.243 e. The molecule has 0 aromatic carbocycles. The molecule has 1 aliphatic rings. The van der Waals surface area contributed by atoms with Crippen LogP contribution >= 0.6 is 0 Å². The van der Waals surface area contributed by atoms with Gasteiger partial charge in [-0.15, -0.1) is 0 Å². The topological polar surface area (TPSA) is 15.3 Å². The Bertz CT molecular complexity index is 301. The zero-order valence-electron chi connectivity index (χ0n) is 10.8. The molecule has 0 unspecified atom stereocenters. The van der Waals surface area contributed by atoms with E-state index in [1.807, 2.05) is 0 Å². The van der Waals surface area contributed by atoms with Gasteiger partial charge >= 0.3 is 0 Å². The lowest BCUT2D eigenvalue weighted by Gasteiger charge is -2.10. The van der Waals surface area contributed by atoms with Gasteiger partial charge in [0.1, 0.15) is 12.4 Å². The standard InChI is InChI=1S/C7H13N2.C5H10N2/c1-3-8-5-6-9(4-2)7-8;1-6-3-4-7(2)5-6/h5-7H,3-4H2,1-2H3;3-4H,5H2,1-2H3/q+1;. The first-order valence-corrected chi connectivity index (χ1v) is 5.79. The summed E-state index contributed by atoms with van der Waals surface area (Å²) in [7, 11) is 4.11. The molecule has 0 amide bonds. The lowest BCUT2D eigenvalue weighted by Crippen LogP contribution is -2.28. The molecule has 0 fully saturated rings. The van der Waals surface area contributed by atoms with Gasteiger partial charge in [0.25, 0.3) is 0 Å². The van der Waals surface area contributed by atoms with Crippen LogP contribution in [0.2, 0.25) is 0 Å². The predicted octanol–water partition coefficient (Wildman–Crippen LogP) is 1.11. The van der Waals surface area contributed by atoms with Crippen molar-refractivity contribution in [2.45, 2.75) is 26.9 Å². The summed E-state index contributed by atoms with van der Waals surface area (Å²) in [4.78, 5) is 4.25. The Morgan fingerprint density at radius 1 is 1.12 bits per heavy atom. The molecule has 0 saturated carbocycles. The third-order valence-electron chi connectivity index (χ3n) is 2.50. The lowest BCUT2D eigenvalue weighted by molar-refractivity contribution is -0.693. The van der Waals surface area contributed by atoms with Crippen LogP contribution in [0.5, 0.6) is 0 Å². The Balaban J connectivity index is 0.000000165. The molecule has 2 rings (SSSR count). The molecule has 0 atom stereocenters. The third-order valence-corrected chi connectivity index (χ3v) is 2.50. The molecule has 4 nitrogen and oxygen atoms in total. The average Bonchev–Trinajstić information content (AvgIpc) is 2.88. The van der Waals surface area contributed by atoms with E-state index in [1.165, 1.54) is 0 Å². The van der Waals surface area contributed by atoms with Crippen molar-refractivity contribution in [1.82, 2.24) is 14.4 Å². The summed E-state index contributed by atoms with van der Waals surface area (Å²) in [5, 5.41) is 0. The van der Waals surface area contributed by atoms with E-state index >= 15 is 0 Å². The third kappa shape index (κ3) is 3.96. The Kier molecular flexibility index (Phi) is 4.89. The van der Waals surface area contributed by atoms with Crippen molar-refractivity contribution >= 4 is 0 Å². The fourth-order valence-corrected chi connectivity index (χ4v) is 1.49. The van der Waals surface area contributed by atoms with Crippen molar-refractivity contribution in [3.05, 3.63) is 31.1 Å². The number of hydrogen-bond acceptors (Lipinski definition) is 2. The van der Waals surface area contributed by atoms with E-state index in [0.29, 0.717) is 0 Å². The monoisotopic (exact) mass is 223 g/mol. The summed E-state index contributed by atoms with van der Waals surface area (Å²) in [5.74, 6) is 0. The number of imidazole rings is 1. The van der Waals surface area contributed by atoms with Gasteiger partial charge < -0.3 is 9.80 Å². The second kappa shape index (κ2) is 6.20. The molecule has 0 radical (unpaired) electrons. The number of aromatic nitrogens is 2. The van der Waals surface area contributed by atoms with Crippen LogP contribution in [0.25, 0.3) is 0 Å². The zero-order valence-corrected chi connectivity index (χ0v) is 10.8. The van der Waals surface area contributed by atoms with Crippen molar-refractivity contribution < 1.29 is 4.57 Å². The molecular weight excluding hydrogens is 200 g/mol. The fourth-order valence-electron chi connectivity index (χ4n) is 1.49. The van der Waals surface area contributed by atoms with Gasteiger partial charge in [-0.1, -0.05) is 0 Å². The first-order chi connectivity index (χ1) is 7.65. The van der Waals surface area contributed by atoms with Gasteiger partial charge in [-0.25, -0.2) is 9.13 Å². The van der Waals surface area contributed by atoms with Gasteiger partial charge in [0.2, 0.25) is 6.33 Å². The number of hydrogen-bond donors (Lipinski definition) is 0. The summed E-state index contributed by atoms with van der Waals surface area (Å²) >= 11 is 0. The zero-order chi connectivity index (χ0) is 12.0. The van der Waals surface area contributed by atoms with E-state index in [2.05, 4.69) is 78.0 Å². The van der Waals surface area contributed by atoms with Crippen LogP contribution in [0, 0.1) is 0 Å². The van der Waals surface area contributed by atoms with Gasteiger partial charge in [-0.2, -0.15) is 0 Å². The highest BCUT2D eigenvalue weighted by Crippen LogP contribution is 1.97. The Morgan fingerprint density at radius 3 is 2.00 bits per heavy atom. The molecule has 1 aromatic heterocycles. The summed E-state index contributed by atoms with van der Waals surface area (Å²) in [6, 6.07) is 0. The second-order valence-electron chi connectivity index (χ2n) is 4.03. The fraction of sp³-hybridized carbons (Fsp3) is 0.583. The molecular formula is C12H23N4+. The molecule has 0 saturated heterocycles.